The Kier molecular flexibility index (Phi) is 4.31. The van der Waals surface area contributed by atoms with Crippen molar-refractivity contribution in [2.75, 3.05) is 19.6 Å². The monoisotopic (exact) mass is 221 g/mol. The molecule has 6 heteroatoms. The Hall–Kier alpha value is -0.170. The van der Waals surface area contributed by atoms with E-state index in [4.69, 9.17) is 5.73 Å². The largest absolute Gasteiger partial charge is 0.328 e. The molecule has 14 heavy (non-hydrogen) atoms. The summed E-state index contributed by atoms with van der Waals surface area (Å²) in [6.45, 7) is 3.53. The van der Waals surface area contributed by atoms with Gasteiger partial charge in [0, 0.05) is 25.7 Å². The van der Waals surface area contributed by atoms with E-state index in [0.29, 0.717) is 19.6 Å². The molecule has 0 bridgehead atoms. The molecule has 0 atom stereocenters. The molecule has 0 amide bonds. The predicted molar refractivity (Wildman–Crippen MR) is 56.0 cm³/mol. The van der Waals surface area contributed by atoms with Crippen LogP contribution in [0.25, 0.3) is 0 Å². The molecule has 1 fully saturated rings. The zero-order chi connectivity index (χ0) is 10.6. The van der Waals surface area contributed by atoms with Gasteiger partial charge >= 0.3 is 0 Å². The fraction of sp³-hybridized carbons (Fsp3) is 1.00. The Bertz CT molecular complexity index is 258. The molecular formula is C8H19N3O2S. The zero-order valence-corrected chi connectivity index (χ0v) is 9.39. The number of hydrogen-bond donors (Lipinski definition) is 2. The molecule has 3 N–H and O–H groups in total. The maximum absolute atomic E-state index is 11.6. The molecule has 0 aromatic heterocycles. The van der Waals surface area contributed by atoms with E-state index in [0.717, 1.165) is 19.3 Å². The molecular weight excluding hydrogens is 202 g/mol. The van der Waals surface area contributed by atoms with Crippen molar-refractivity contribution in [2.45, 2.75) is 32.2 Å². The van der Waals surface area contributed by atoms with Gasteiger partial charge in [-0.15, -0.1) is 0 Å². The first-order valence-electron chi connectivity index (χ1n) is 5.06. The Balaban J connectivity index is 2.47. The summed E-state index contributed by atoms with van der Waals surface area (Å²) in [5.41, 5.74) is 5.70. The molecule has 0 aliphatic carbocycles. The summed E-state index contributed by atoms with van der Waals surface area (Å²) in [5, 5.41) is 0. The van der Waals surface area contributed by atoms with Crippen LogP contribution in [0.1, 0.15) is 26.2 Å². The summed E-state index contributed by atoms with van der Waals surface area (Å²) in [6, 6.07) is 0.160. The van der Waals surface area contributed by atoms with Gasteiger partial charge in [-0.25, -0.2) is 4.72 Å². The van der Waals surface area contributed by atoms with Crippen molar-refractivity contribution in [3.8, 4) is 0 Å². The predicted octanol–water partition coefficient (Wildman–Crippen LogP) is -0.346. The van der Waals surface area contributed by atoms with E-state index < -0.39 is 10.2 Å². The summed E-state index contributed by atoms with van der Waals surface area (Å²) >= 11 is 0. The molecule has 1 saturated heterocycles. The normalized spacial score (nSPS) is 21.3. The van der Waals surface area contributed by atoms with E-state index in [2.05, 4.69) is 4.72 Å². The molecule has 1 aliphatic heterocycles. The quantitative estimate of drug-likeness (QED) is 0.681. The fourth-order valence-corrected chi connectivity index (χ4v) is 2.77. The van der Waals surface area contributed by atoms with Crippen molar-refractivity contribution < 1.29 is 8.42 Å². The van der Waals surface area contributed by atoms with Gasteiger partial charge in [0.1, 0.15) is 0 Å². The highest BCUT2D eigenvalue weighted by Gasteiger charge is 2.25. The molecule has 84 valence electrons. The van der Waals surface area contributed by atoms with Crippen molar-refractivity contribution >= 4 is 10.2 Å². The number of nitrogens with two attached hydrogens (primary N) is 1. The van der Waals surface area contributed by atoms with Gasteiger partial charge in [0.15, 0.2) is 0 Å². The highest BCUT2D eigenvalue weighted by molar-refractivity contribution is 7.87. The van der Waals surface area contributed by atoms with Crippen LogP contribution in [0.5, 0.6) is 0 Å². The van der Waals surface area contributed by atoms with E-state index in [1.54, 1.807) is 0 Å². The second-order valence-corrected chi connectivity index (χ2v) is 5.39. The van der Waals surface area contributed by atoms with E-state index in [-0.39, 0.29) is 6.04 Å². The minimum Gasteiger partial charge on any atom is -0.328 e. The van der Waals surface area contributed by atoms with Gasteiger partial charge in [-0.3, -0.25) is 0 Å². The Morgan fingerprint density at radius 3 is 2.50 bits per heavy atom. The lowest BCUT2D eigenvalue weighted by atomic mass is 10.1. The summed E-state index contributed by atoms with van der Waals surface area (Å²) in [7, 11) is -3.24. The molecule has 0 saturated carbocycles. The first-order chi connectivity index (χ1) is 6.56. The molecule has 5 nitrogen and oxygen atoms in total. The smallest absolute Gasteiger partial charge is 0.279 e. The van der Waals surface area contributed by atoms with Crippen molar-refractivity contribution in [3.63, 3.8) is 0 Å². The number of nitrogens with one attached hydrogen (secondary N) is 1. The zero-order valence-electron chi connectivity index (χ0n) is 8.57. The molecule has 1 aliphatic rings. The van der Waals surface area contributed by atoms with E-state index in [1.807, 2.05) is 6.92 Å². The van der Waals surface area contributed by atoms with Crippen LogP contribution >= 0.6 is 0 Å². The van der Waals surface area contributed by atoms with Gasteiger partial charge in [0.2, 0.25) is 0 Å². The van der Waals surface area contributed by atoms with Crippen molar-refractivity contribution in [3.05, 3.63) is 0 Å². The van der Waals surface area contributed by atoms with Crippen LogP contribution in [0.4, 0.5) is 0 Å². The first-order valence-corrected chi connectivity index (χ1v) is 6.50. The third kappa shape index (κ3) is 3.20. The van der Waals surface area contributed by atoms with Gasteiger partial charge in [-0.1, -0.05) is 6.92 Å². The maximum Gasteiger partial charge on any atom is 0.279 e. The lowest BCUT2D eigenvalue weighted by Crippen LogP contribution is -2.47. The number of hydrogen-bond acceptors (Lipinski definition) is 3. The summed E-state index contributed by atoms with van der Waals surface area (Å²) in [6.07, 6.45) is 2.33. The van der Waals surface area contributed by atoms with Gasteiger partial charge in [0.25, 0.3) is 10.2 Å². The van der Waals surface area contributed by atoms with Crippen molar-refractivity contribution in [2.24, 2.45) is 5.73 Å². The average molecular weight is 221 g/mol. The van der Waals surface area contributed by atoms with E-state index in [9.17, 15) is 8.42 Å². The van der Waals surface area contributed by atoms with Crippen LogP contribution in [0, 0.1) is 0 Å². The maximum atomic E-state index is 11.6. The molecule has 0 radical (unpaired) electrons. The second-order valence-electron chi connectivity index (χ2n) is 3.64. The Morgan fingerprint density at radius 1 is 1.43 bits per heavy atom. The molecule has 0 unspecified atom stereocenters. The van der Waals surface area contributed by atoms with Gasteiger partial charge in [0.05, 0.1) is 0 Å². The molecule has 0 aromatic carbocycles. The lowest BCUT2D eigenvalue weighted by Gasteiger charge is -2.29. The second kappa shape index (κ2) is 5.06. The SMILES string of the molecule is CCCNS(=O)(=O)N1CCC(N)CC1. The van der Waals surface area contributed by atoms with Crippen molar-refractivity contribution in [1.29, 1.82) is 0 Å². The van der Waals surface area contributed by atoms with Crippen LogP contribution in [0.3, 0.4) is 0 Å². The summed E-state index contributed by atoms with van der Waals surface area (Å²) in [5.74, 6) is 0. The number of nitrogens with zero attached hydrogens (tertiary/aromatic N) is 1. The minimum absolute atomic E-state index is 0.160. The van der Waals surface area contributed by atoms with Crippen LogP contribution in [-0.2, 0) is 10.2 Å². The molecule has 1 rings (SSSR count). The van der Waals surface area contributed by atoms with Crippen LogP contribution in [0.2, 0.25) is 0 Å². The van der Waals surface area contributed by atoms with E-state index >= 15 is 0 Å². The lowest BCUT2D eigenvalue weighted by molar-refractivity contribution is 0.316. The van der Waals surface area contributed by atoms with Gasteiger partial charge < -0.3 is 5.73 Å². The number of piperidine rings is 1. The molecule has 0 spiro atoms. The Labute approximate surface area is 85.8 Å². The first kappa shape index (κ1) is 11.9. The van der Waals surface area contributed by atoms with Crippen LogP contribution < -0.4 is 10.5 Å². The standard InChI is InChI=1S/C8H19N3O2S/c1-2-5-10-14(12,13)11-6-3-8(9)4-7-11/h8,10H,2-7,9H2,1H3. The molecule has 1 heterocycles. The van der Waals surface area contributed by atoms with Crippen LogP contribution in [-0.4, -0.2) is 38.4 Å². The van der Waals surface area contributed by atoms with Crippen molar-refractivity contribution in [1.82, 2.24) is 9.03 Å². The topological polar surface area (TPSA) is 75.4 Å². The minimum atomic E-state index is -3.24. The summed E-state index contributed by atoms with van der Waals surface area (Å²) < 4.78 is 27.3. The molecule has 0 aromatic rings. The van der Waals surface area contributed by atoms with Gasteiger partial charge in [-0.2, -0.15) is 12.7 Å². The third-order valence-electron chi connectivity index (χ3n) is 2.37. The van der Waals surface area contributed by atoms with Crippen LogP contribution in [0.15, 0.2) is 0 Å². The highest BCUT2D eigenvalue weighted by Crippen LogP contribution is 2.11. The highest BCUT2D eigenvalue weighted by atomic mass is 32.2. The van der Waals surface area contributed by atoms with Gasteiger partial charge in [-0.05, 0) is 19.3 Å². The van der Waals surface area contributed by atoms with E-state index in [1.165, 1.54) is 4.31 Å². The third-order valence-corrected chi connectivity index (χ3v) is 3.99. The average Bonchev–Trinajstić information content (AvgIpc) is 2.16. The summed E-state index contributed by atoms with van der Waals surface area (Å²) in [4.78, 5) is 0. The fourth-order valence-electron chi connectivity index (χ4n) is 1.44. The number of rotatable bonds is 4. The Morgan fingerprint density at radius 2 is 2.00 bits per heavy atom.